The van der Waals surface area contributed by atoms with E-state index in [9.17, 15) is 0 Å². The van der Waals surface area contributed by atoms with Crippen molar-refractivity contribution in [2.24, 2.45) is 0 Å². The Morgan fingerprint density at radius 1 is 1.26 bits per heavy atom. The van der Waals surface area contributed by atoms with Crippen LogP contribution in [0.4, 0.5) is 0 Å². The molecule has 0 unspecified atom stereocenters. The van der Waals surface area contributed by atoms with Gasteiger partial charge in [0.25, 0.3) is 0 Å². The molecule has 0 amide bonds. The van der Waals surface area contributed by atoms with Crippen LogP contribution in [0.15, 0.2) is 40.9 Å². The Bertz CT molecular complexity index is 707. The Hall–Kier alpha value is -2.07. The molecule has 19 heavy (non-hydrogen) atoms. The highest BCUT2D eigenvalue weighted by Gasteiger charge is 2.08. The second kappa shape index (κ2) is 4.90. The number of benzene rings is 1. The van der Waals surface area contributed by atoms with Gasteiger partial charge in [0.05, 0.1) is 12.1 Å². The molecule has 4 nitrogen and oxygen atoms in total. The molecule has 0 aliphatic heterocycles. The molecule has 96 valence electrons. The SMILES string of the molecule is COc1ccc(Cc2nc3cc(Cl)cnc3o2)cc1. The zero-order valence-corrected chi connectivity index (χ0v) is 11.0. The van der Waals surface area contributed by atoms with E-state index in [2.05, 4.69) is 9.97 Å². The van der Waals surface area contributed by atoms with Crippen molar-refractivity contribution in [2.75, 3.05) is 7.11 Å². The van der Waals surface area contributed by atoms with E-state index in [4.69, 9.17) is 20.8 Å². The van der Waals surface area contributed by atoms with Gasteiger partial charge in [0, 0.05) is 12.6 Å². The van der Waals surface area contributed by atoms with Crippen molar-refractivity contribution < 1.29 is 9.15 Å². The molecular formula is C14H11ClN2O2. The van der Waals surface area contributed by atoms with Crippen LogP contribution >= 0.6 is 11.6 Å². The standard InChI is InChI=1S/C14H11ClN2O2/c1-18-11-4-2-9(3-5-11)6-13-17-12-7-10(15)8-16-14(12)19-13/h2-5,7-8H,6H2,1H3. The zero-order valence-electron chi connectivity index (χ0n) is 10.3. The first kappa shape index (κ1) is 12.0. The summed E-state index contributed by atoms with van der Waals surface area (Å²) in [5.74, 6) is 1.45. The fourth-order valence-electron chi connectivity index (χ4n) is 1.84. The lowest BCUT2D eigenvalue weighted by molar-refractivity contribution is 0.414. The fraction of sp³-hybridized carbons (Fsp3) is 0.143. The van der Waals surface area contributed by atoms with Gasteiger partial charge in [-0.1, -0.05) is 23.7 Å². The minimum Gasteiger partial charge on any atom is -0.497 e. The molecule has 0 saturated carbocycles. The van der Waals surface area contributed by atoms with Crippen LogP contribution in [0.2, 0.25) is 5.02 Å². The molecular weight excluding hydrogens is 264 g/mol. The maximum absolute atomic E-state index is 5.86. The van der Waals surface area contributed by atoms with Crippen molar-refractivity contribution in [1.29, 1.82) is 0 Å². The second-order valence-corrected chi connectivity index (χ2v) is 4.55. The van der Waals surface area contributed by atoms with Crippen molar-refractivity contribution in [3.63, 3.8) is 0 Å². The number of rotatable bonds is 3. The monoisotopic (exact) mass is 274 g/mol. The number of aromatic nitrogens is 2. The van der Waals surface area contributed by atoms with E-state index >= 15 is 0 Å². The number of hydrogen-bond donors (Lipinski definition) is 0. The molecule has 5 heteroatoms. The average molecular weight is 275 g/mol. The summed E-state index contributed by atoms with van der Waals surface area (Å²) in [4.78, 5) is 8.46. The summed E-state index contributed by atoms with van der Waals surface area (Å²) in [6.45, 7) is 0. The number of hydrogen-bond acceptors (Lipinski definition) is 4. The number of ether oxygens (including phenoxy) is 1. The molecule has 0 fully saturated rings. The molecule has 0 N–H and O–H groups in total. The summed E-state index contributed by atoms with van der Waals surface area (Å²) in [6, 6.07) is 9.52. The highest BCUT2D eigenvalue weighted by Crippen LogP contribution is 2.20. The molecule has 0 spiro atoms. The number of oxazole rings is 1. The minimum absolute atomic E-state index is 0.507. The first-order chi connectivity index (χ1) is 9.24. The third-order valence-electron chi connectivity index (χ3n) is 2.77. The van der Waals surface area contributed by atoms with Gasteiger partial charge in [-0.05, 0) is 23.8 Å². The van der Waals surface area contributed by atoms with Crippen molar-refractivity contribution in [1.82, 2.24) is 9.97 Å². The van der Waals surface area contributed by atoms with E-state index in [1.807, 2.05) is 24.3 Å². The van der Waals surface area contributed by atoms with Crippen LogP contribution in [-0.4, -0.2) is 17.1 Å². The lowest BCUT2D eigenvalue weighted by Crippen LogP contribution is -1.88. The van der Waals surface area contributed by atoms with Gasteiger partial charge in [0.15, 0.2) is 0 Å². The van der Waals surface area contributed by atoms with Gasteiger partial charge in [0.1, 0.15) is 11.3 Å². The summed E-state index contributed by atoms with van der Waals surface area (Å²) in [5, 5.41) is 0.553. The first-order valence-corrected chi connectivity index (χ1v) is 6.16. The summed E-state index contributed by atoms with van der Waals surface area (Å²) in [7, 11) is 1.64. The Labute approximate surface area is 115 Å². The number of nitrogens with zero attached hydrogens (tertiary/aromatic N) is 2. The summed E-state index contributed by atoms with van der Waals surface area (Å²) < 4.78 is 10.7. The van der Waals surface area contributed by atoms with Gasteiger partial charge in [-0.3, -0.25) is 0 Å². The third-order valence-corrected chi connectivity index (χ3v) is 2.98. The van der Waals surface area contributed by atoms with Crippen LogP contribution in [0.1, 0.15) is 11.5 Å². The van der Waals surface area contributed by atoms with Gasteiger partial charge in [0.2, 0.25) is 11.6 Å². The minimum atomic E-state index is 0.507. The molecule has 0 saturated heterocycles. The number of methoxy groups -OCH3 is 1. The third kappa shape index (κ3) is 2.53. The Morgan fingerprint density at radius 2 is 2.05 bits per heavy atom. The van der Waals surface area contributed by atoms with Crippen LogP contribution in [0.3, 0.4) is 0 Å². The fourth-order valence-corrected chi connectivity index (χ4v) is 1.99. The smallest absolute Gasteiger partial charge is 0.247 e. The average Bonchev–Trinajstić information content (AvgIpc) is 2.81. The van der Waals surface area contributed by atoms with Crippen LogP contribution in [-0.2, 0) is 6.42 Å². The number of fused-ring (bicyclic) bond motifs is 1. The van der Waals surface area contributed by atoms with Crippen molar-refractivity contribution in [3.05, 3.63) is 53.0 Å². The first-order valence-electron chi connectivity index (χ1n) is 5.78. The summed E-state index contributed by atoms with van der Waals surface area (Å²) >= 11 is 5.86. The van der Waals surface area contributed by atoms with Gasteiger partial charge >= 0.3 is 0 Å². The van der Waals surface area contributed by atoms with Crippen LogP contribution < -0.4 is 4.74 Å². The van der Waals surface area contributed by atoms with Crippen molar-refractivity contribution in [3.8, 4) is 5.75 Å². The van der Waals surface area contributed by atoms with E-state index in [1.165, 1.54) is 0 Å². The quantitative estimate of drug-likeness (QED) is 0.734. The largest absolute Gasteiger partial charge is 0.497 e. The van der Waals surface area contributed by atoms with Gasteiger partial charge in [-0.15, -0.1) is 0 Å². The predicted molar refractivity (Wildman–Crippen MR) is 72.6 cm³/mol. The Balaban J connectivity index is 1.87. The molecule has 0 bridgehead atoms. The van der Waals surface area contributed by atoms with E-state index in [0.717, 1.165) is 11.3 Å². The Morgan fingerprint density at radius 3 is 2.79 bits per heavy atom. The second-order valence-electron chi connectivity index (χ2n) is 4.11. The molecule has 1 aromatic carbocycles. The maximum atomic E-state index is 5.86. The molecule has 0 aliphatic carbocycles. The topological polar surface area (TPSA) is 48.2 Å². The molecule has 0 atom stereocenters. The molecule has 0 aliphatic rings. The number of halogens is 1. The summed E-state index contributed by atoms with van der Waals surface area (Å²) in [6.07, 6.45) is 2.16. The van der Waals surface area contributed by atoms with Gasteiger partial charge in [-0.2, -0.15) is 0 Å². The maximum Gasteiger partial charge on any atom is 0.247 e. The highest BCUT2D eigenvalue weighted by molar-refractivity contribution is 6.30. The van der Waals surface area contributed by atoms with Gasteiger partial charge < -0.3 is 9.15 Å². The predicted octanol–water partition coefficient (Wildman–Crippen LogP) is 3.48. The van der Waals surface area contributed by atoms with Crippen molar-refractivity contribution >= 4 is 22.8 Å². The number of pyridine rings is 1. The molecule has 2 heterocycles. The van der Waals surface area contributed by atoms with E-state index in [-0.39, 0.29) is 0 Å². The van der Waals surface area contributed by atoms with Crippen LogP contribution in [0.25, 0.3) is 11.2 Å². The molecule has 3 aromatic rings. The lowest BCUT2D eigenvalue weighted by atomic mass is 10.1. The zero-order chi connectivity index (χ0) is 13.2. The van der Waals surface area contributed by atoms with Crippen molar-refractivity contribution in [2.45, 2.75) is 6.42 Å². The normalized spacial score (nSPS) is 10.8. The van der Waals surface area contributed by atoms with E-state index in [1.54, 1.807) is 19.4 Å². The van der Waals surface area contributed by atoms with Crippen LogP contribution in [0, 0.1) is 0 Å². The summed E-state index contributed by atoms with van der Waals surface area (Å²) in [5.41, 5.74) is 2.28. The molecule has 0 radical (unpaired) electrons. The lowest BCUT2D eigenvalue weighted by Gasteiger charge is -2.00. The van der Waals surface area contributed by atoms with E-state index in [0.29, 0.717) is 28.6 Å². The van der Waals surface area contributed by atoms with Crippen LogP contribution in [0.5, 0.6) is 5.75 Å². The van der Waals surface area contributed by atoms with Gasteiger partial charge in [-0.25, -0.2) is 9.97 Å². The Kier molecular flexibility index (Phi) is 3.09. The van der Waals surface area contributed by atoms with E-state index < -0.39 is 0 Å². The molecule has 3 rings (SSSR count). The highest BCUT2D eigenvalue weighted by atomic mass is 35.5. The molecule has 2 aromatic heterocycles.